The number of aryl methyl sites for hydroxylation is 1. The van der Waals surface area contributed by atoms with Gasteiger partial charge in [0, 0.05) is 10.9 Å². The van der Waals surface area contributed by atoms with E-state index >= 15 is 0 Å². The third-order valence-electron chi connectivity index (χ3n) is 3.13. The van der Waals surface area contributed by atoms with E-state index in [1.807, 2.05) is 18.2 Å². The zero-order valence-electron chi connectivity index (χ0n) is 11.3. The fourth-order valence-electron chi connectivity index (χ4n) is 2.10. The zero-order chi connectivity index (χ0) is 14.7. The minimum atomic E-state index is 0.256. The molecule has 2 rings (SSSR count). The summed E-state index contributed by atoms with van der Waals surface area (Å²) in [5.41, 5.74) is 2.34. The minimum absolute atomic E-state index is 0.256. The van der Waals surface area contributed by atoms with E-state index in [4.69, 9.17) is 23.2 Å². The van der Waals surface area contributed by atoms with E-state index < -0.39 is 0 Å². The normalized spacial score (nSPS) is 12.7. The van der Waals surface area contributed by atoms with Gasteiger partial charge in [-0.05, 0) is 59.1 Å². The molecular formula is C15H16BrCl2NS. The first kappa shape index (κ1) is 16.3. The largest absolute Gasteiger partial charge is 0.309 e. The Kier molecular flexibility index (Phi) is 5.94. The van der Waals surface area contributed by atoms with E-state index in [1.165, 1.54) is 14.2 Å². The highest BCUT2D eigenvalue weighted by molar-refractivity contribution is 9.11. The lowest BCUT2D eigenvalue weighted by molar-refractivity contribution is 0.558. The molecule has 0 aliphatic heterocycles. The monoisotopic (exact) mass is 391 g/mol. The molecule has 0 amide bonds. The second-order valence-electron chi connectivity index (χ2n) is 4.63. The predicted molar refractivity (Wildman–Crippen MR) is 93.3 cm³/mol. The molecule has 2 aromatic rings. The van der Waals surface area contributed by atoms with E-state index in [1.54, 1.807) is 11.3 Å². The van der Waals surface area contributed by atoms with Crippen molar-refractivity contribution in [2.75, 3.05) is 6.54 Å². The molecule has 0 aliphatic carbocycles. The molecule has 0 radical (unpaired) electrons. The van der Waals surface area contributed by atoms with Gasteiger partial charge in [0.15, 0.2) is 0 Å². The lowest BCUT2D eigenvalue weighted by Crippen LogP contribution is -2.22. The Bertz CT molecular complexity index is 578. The maximum absolute atomic E-state index is 6.30. The summed E-state index contributed by atoms with van der Waals surface area (Å²) in [6, 6.07) is 8.28. The molecule has 5 heteroatoms. The van der Waals surface area contributed by atoms with Crippen LogP contribution in [0.4, 0.5) is 0 Å². The quantitative estimate of drug-likeness (QED) is 0.655. The molecule has 1 N–H and O–H groups in total. The molecule has 1 aromatic carbocycles. The standard InChI is InChI=1S/C15H16BrCl2NS/c1-3-19-12(13-7-9(2)15(16)20-13)8-10-5-4-6-11(17)14(10)18/h4-7,12,19H,3,8H2,1-2H3. The van der Waals surface area contributed by atoms with Crippen molar-refractivity contribution >= 4 is 50.5 Å². The number of halogens is 3. The van der Waals surface area contributed by atoms with Crippen molar-refractivity contribution < 1.29 is 0 Å². The first-order valence-electron chi connectivity index (χ1n) is 6.45. The van der Waals surface area contributed by atoms with Crippen LogP contribution in [0.3, 0.4) is 0 Å². The second-order valence-corrected chi connectivity index (χ2v) is 7.82. The molecule has 1 aromatic heterocycles. The molecule has 1 nitrogen and oxygen atoms in total. The molecule has 20 heavy (non-hydrogen) atoms. The maximum atomic E-state index is 6.30. The van der Waals surface area contributed by atoms with Gasteiger partial charge >= 0.3 is 0 Å². The van der Waals surface area contributed by atoms with Crippen LogP contribution in [0.1, 0.15) is 29.0 Å². The highest BCUT2D eigenvalue weighted by atomic mass is 79.9. The van der Waals surface area contributed by atoms with Crippen molar-refractivity contribution in [2.24, 2.45) is 0 Å². The molecular weight excluding hydrogens is 377 g/mol. The van der Waals surface area contributed by atoms with E-state index in [-0.39, 0.29) is 6.04 Å². The van der Waals surface area contributed by atoms with Gasteiger partial charge in [-0.15, -0.1) is 11.3 Å². The Morgan fingerprint density at radius 1 is 1.35 bits per heavy atom. The Labute approximate surface area is 142 Å². The van der Waals surface area contributed by atoms with Crippen molar-refractivity contribution in [3.05, 3.63) is 54.1 Å². The maximum Gasteiger partial charge on any atom is 0.0731 e. The SMILES string of the molecule is CCNC(Cc1cccc(Cl)c1Cl)c1cc(C)c(Br)s1. The van der Waals surface area contributed by atoms with Crippen LogP contribution in [0.15, 0.2) is 28.1 Å². The summed E-state index contributed by atoms with van der Waals surface area (Å²) < 4.78 is 1.19. The number of likely N-dealkylation sites (N-methyl/N-ethyl adjacent to an activating group) is 1. The minimum Gasteiger partial charge on any atom is -0.309 e. The molecule has 108 valence electrons. The predicted octanol–water partition coefficient (Wildman–Crippen LogP) is 6.02. The van der Waals surface area contributed by atoms with Crippen LogP contribution in [0.2, 0.25) is 10.0 Å². The molecule has 0 saturated carbocycles. The number of rotatable bonds is 5. The third kappa shape index (κ3) is 3.77. The Morgan fingerprint density at radius 3 is 2.70 bits per heavy atom. The van der Waals surface area contributed by atoms with Gasteiger partial charge in [0.25, 0.3) is 0 Å². The van der Waals surface area contributed by atoms with E-state index in [0.717, 1.165) is 18.5 Å². The van der Waals surface area contributed by atoms with Crippen LogP contribution < -0.4 is 5.32 Å². The van der Waals surface area contributed by atoms with Crippen LogP contribution in [-0.2, 0) is 6.42 Å². The summed E-state index contributed by atoms with van der Waals surface area (Å²) >= 11 is 17.7. The summed E-state index contributed by atoms with van der Waals surface area (Å²) in [7, 11) is 0. The summed E-state index contributed by atoms with van der Waals surface area (Å²) in [5, 5.41) is 4.79. The van der Waals surface area contributed by atoms with Gasteiger partial charge in [-0.25, -0.2) is 0 Å². The van der Waals surface area contributed by atoms with Gasteiger partial charge in [0.1, 0.15) is 0 Å². The van der Waals surface area contributed by atoms with Crippen LogP contribution in [0, 0.1) is 6.92 Å². The van der Waals surface area contributed by atoms with E-state index in [9.17, 15) is 0 Å². The van der Waals surface area contributed by atoms with E-state index in [2.05, 4.69) is 41.2 Å². The van der Waals surface area contributed by atoms with Crippen LogP contribution in [0.5, 0.6) is 0 Å². The molecule has 0 bridgehead atoms. The summed E-state index contributed by atoms with van der Waals surface area (Å²) in [4.78, 5) is 1.31. The molecule has 1 heterocycles. The topological polar surface area (TPSA) is 12.0 Å². The van der Waals surface area contributed by atoms with Crippen LogP contribution in [-0.4, -0.2) is 6.54 Å². The van der Waals surface area contributed by atoms with Crippen molar-refractivity contribution in [2.45, 2.75) is 26.3 Å². The molecule has 0 saturated heterocycles. The highest BCUT2D eigenvalue weighted by Gasteiger charge is 2.17. The van der Waals surface area contributed by atoms with Crippen molar-refractivity contribution in [1.82, 2.24) is 5.32 Å². The van der Waals surface area contributed by atoms with Gasteiger partial charge in [0.05, 0.1) is 13.8 Å². The average Bonchev–Trinajstić information content (AvgIpc) is 2.74. The first-order chi connectivity index (χ1) is 9.52. The number of nitrogens with one attached hydrogen (secondary N) is 1. The van der Waals surface area contributed by atoms with E-state index in [0.29, 0.717) is 10.0 Å². The van der Waals surface area contributed by atoms with Crippen molar-refractivity contribution in [3.8, 4) is 0 Å². The number of hydrogen-bond donors (Lipinski definition) is 1. The molecule has 0 fully saturated rings. The van der Waals surface area contributed by atoms with Gasteiger partial charge in [0.2, 0.25) is 0 Å². The molecule has 0 aliphatic rings. The Balaban J connectivity index is 2.27. The fraction of sp³-hybridized carbons (Fsp3) is 0.333. The van der Waals surface area contributed by atoms with Gasteiger partial charge < -0.3 is 5.32 Å². The zero-order valence-corrected chi connectivity index (χ0v) is 15.3. The smallest absolute Gasteiger partial charge is 0.0731 e. The lowest BCUT2D eigenvalue weighted by atomic mass is 10.0. The van der Waals surface area contributed by atoms with Crippen LogP contribution in [0.25, 0.3) is 0 Å². The van der Waals surface area contributed by atoms with Crippen LogP contribution >= 0.6 is 50.5 Å². The van der Waals surface area contributed by atoms with Gasteiger partial charge in [-0.1, -0.05) is 42.3 Å². The number of hydrogen-bond acceptors (Lipinski definition) is 2. The number of thiophene rings is 1. The summed E-state index contributed by atoms with van der Waals surface area (Å²) in [5.74, 6) is 0. The average molecular weight is 393 g/mol. The Hall–Kier alpha value is -0.0600. The van der Waals surface area contributed by atoms with Gasteiger partial charge in [-0.3, -0.25) is 0 Å². The lowest BCUT2D eigenvalue weighted by Gasteiger charge is -2.17. The van der Waals surface area contributed by atoms with Crippen molar-refractivity contribution in [1.29, 1.82) is 0 Å². The third-order valence-corrected chi connectivity index (χ3v) is 6.23. The fourth-order valence-corrected chi connectivity index (χ4v) is 4.14. The second kappa shape index (κ2) is 7.28. The summed E-state index contributed by atoms with van der Waals surface area (Å²) in [6.07, 6.45) is 0.833. The number of benzene rings is 1. The molecule has 1 atom stereocenters. The highest BCUT2D eigenvalue weighted by Crippen LogP contribution is 2.35. The van der Waals surface area contributed by atoms with Crippen molar-refractivity contribution in [3.63, 3.8) is 0 Å². The molecule has 0 spiro atoms. The Morgan fingerprint density at radius 2 is 2.10 bits per heavy atom. The summed E-state index contributed by atoms with van der Waals surface area (Å²) in [6.45, 7) is 5.14. The first-order valence-corrected chi connectivity index (χ1v) is 8.81. The van der Waals surface area contributed by atoms with Gasteiger partial charge in [-0.2, -0.15) is 0 Å². The molecule has 1 unspecified atom stereocenters.